The zero-order valence-electron chi connectivity index (χ0n) is 9.47. The van der Waals surface area contributed by atoms with E-state index in [-0.39, 0.29) is 5.56 Å². The van der Waals surface area contributed by atoms with Gasteiger partial charge in [-0.2, -0.15) is 13.2 Å². The second-order valence-corrected chi connectivity index (χ2v) is 3.72. The molecule has 0 aliphatic heterocycles. The summed E-state index contributed by atoms with van der Waals surface area (Å²) in [6.45, 7) is 0. The van der Waals surface area contributed by atoms with Crippen molar-refractivity contribution >= 4 is 5.69 Å². The number of anilines is 1. The molecule has 0 amide bonds. The number of hydrogen-bond donors (Lipinski definition) is 1. The first-order valence-corrected chi connectivity index (χ1v) is 4.88. The number of hydrogen-bond acceptors (Lipinski definition) is 2. The van der Waals surface area contributed by atoms with Crippen molar-refractivity contribution in [3.05, 3.63) is 29.8 Å². The molecule has 0 aromatic heterocycles. The van der Waals surface area contributed by atoms with Crippen LogP contribution in [0.4, 0.5) is 18.9 Å². The van der Waals surface area contributed by atoms with Crippen LogP contribution in [-0.4, -0.2) is 27.3 Å². The quantitative estimate of drug-likeness (QED) is 0.861. The number of alkyl halides is 3. The number of halogens is 3. The van der Waals surface area contributed by atoms with Gasteiger partial charge in [0.15, 0.2) is 0 Å². The van der Waals surface area contributed by atoms with E-state index in [0.29, 0.717) is 5.69 Å². The summed E-state index contributed by atoms with van der Waals surface area (Å²) in [4.78, 5) is 1.67. The summed E-state index contributed by atoms with van der Waals surface area (Å²) in [6.07, 6.45) is -4.29. The van der Waals surface area contributed by atoms with E-state index in [0.717, 1.165) is 0 Å². The summed E-state index contributed by atoms with van der Waals surface area (Å²) in [5.74, 6) is 0. The lowest BCUT2D eigenvalue weighted by molar-refractivity contribution is -0.156. The monoisotopic (exact) mass is 232 g/mol. The second kappa shape index (κ2) is 4.74. The molecule has 16 heavy (non-hydrogen) atoms. The van der Waals surface area contributed by atoms with Crippen LogP contribution in [0.25, 0.3) is 0 Å². The van der Waals surface area contributed by atoms with E-state index in [4.69, 9.17) is 0 Å². The van der Waals surface area contributed by atoms with E-state index in [1.807, 2.05) is 0 Å². The lowest BCUT2D eigenvalue weighted by atomic mass is 10.0. The molecule has 1 N–H and O–H groups in total. The molecule has 1 atom stereocenters. The summed E-state index contributed by atoms with van der Waals surface area (Å²) < 4.78 is 38.3. The Morgan fingerprint density at radius 3 is 2.19 bits per heavy atom. The van der Waals surface area contributed by atoms with E-state index < -0.39 is 12.2 Å². The summed E-state index contributed by atoms with van der Waals surface area (Å²) >= 11 is 0. The standard InChI is InChI=1S/C11H15F3N2/c1-15-10(11(12,13)14)8-6-4-5-7-9(8)16(2)3/h4-7,10,15H,1-3H3. The fourth-order valence-corrected chi connectivity index (χ4v) is 1.63. The minimum Gasteiger partial charge on any atom is -0.377 e. The van der Waals surface area contributed by atoms with Gasteiger partial charge in [0, 0.05) is 25.3 Å². The average molecular weight is 232 g/mol. The Morgan fingerprint density at radius 1 is 1.19 bits per heavy atom. The SMILES string of the molecule is CNC(c1ccccc1N(C)C)C(F)(F)F. The van der Waals surface area contributed by atoms with Crippen LogP contribution in [0.3, 0.4) is 0 Å². The molecule has 0 aliphatic carbocycles. The Balaban J connectivity index is 3.20. The van der Waals surface area contributed by atoms with Gasteiger partial charge in [-0.05, 0) is 13.1 Å². The first-order chi connectivity index (χ1) is 7.38. The highest BCUT2D eigenvalue weighted by Gasteiger charge is 2.40. The third kappa shape index (κ3) is 2.66. The highest BCUT2D eigenvalue weighted by Crippen LogP contribution is 2.36. The molecule has 1 unspecified atom stereocenters. The van der Waals surface area contributed by atoms with Gasteiger partial charge in [-0.25, -0.2) is 0 Å². The van der Waals surface area contributed by atoms with Crippen molar-refractivity contribution < 1.29 is 13.2 Å². The molecule has 1 aromatic carbocycles. The molecule has 0 saturated carbocycles. The van der Waals surface area contributed by atoms with Crippen molar-refractivity contribution in [3.63, 3.8) is 0 Å². The molecule has 2 nitrogen and oxygen atoms in total. The van der Waals surface area contributed by atoms with Crippen LogP contribution in [0.2, 0.25) is 0 Å². The van der Waals surface area contributed by atoms with Crippen LogP contribution < -0.4 is 10.2 Å². The Bertz CT molecular complexity index is 347. The van der Waals surface area contributed by atoms with E-state index in [1.54, 1.807) is 37.2 Å². The van der Waals surface area contributed by atoms with E-state index in [2.05, 4.69) is 5.32 Å². The Kier molecular flexibility index (Phi) is 3.80. The van der Waals surface area contributed by atoms with E-state index >= 15 is 0 Å². The van der Waals surface area contributed by atoms with Gasteiger partial charge in [0.1, 0.15) is 6.04 Å². The fraction of sp³-hybridized carbons (Fsp3) is 0.455. The number of nitrogens with zero attached hydrogens (tertiary/aromatic N) is 1. The van der Waals surface area contributed by atoms with Gasteiger partial charge in [-0.3, -0.25) is 0 Å². The normalized spacial score (nSPS) is 13.6. The Hall–Kier alpha value is -1.23. The third-order valence-corrected chi connectivity index (χ3v) is 2.35. The molecule has 0 aliphatic rings. The van der Waals surface area contributed by atoms with Gasteiger partial charge in [0.2, 0.25) is 0 Å². The highest BCUT2D eigenvalue weighted by atomic mass is 19.4. The molecular weight excluding hydrogens is 217 g/mol. The lowest BCUT2D eigenvalue weighted by Crippen LogP contribution is -2.32. The molecule has 1 aromatic rings. The maximum absolute atomic E-state index is 12.8. The van der Waals surface area contributed by atoms with Gasteiger partial charge in [-0.1, -0.05) is 18.2 Å². The van der Waals surface area contributed by atoms with Crippen molar-refractivity contribution in [2.75, 3.05) is 26.0 Å². The Morgan fingerprint density at radius 2 is 1.75 bits per heavy atom. The topological polar surface area (TPSA) is 15.3 Å². The number of rotatable bonds is 3. The summed E-state index contributed by atoms with van der Waals surface area (Å²) in [5.41, 5.74) is 0.807. The van der Waals surface area contributed by atoms with Gasteiger partial charge < -0.3 is 10.2 Å². The van der Waals surface area contributed by atoms with Gasteiger partial charge in [0.25, 0.3) is 0 Å². The summed E-state index contributed by atoms with van der Waals surface area (Å²) in [7, 11) is 4.76. The van der Waals surface area contributed by atoms with Crippen LogP contribution in [0.15, 0.2) is 24.3 Å². The maximum Gasteiger partial charge on any atom is 0.407 e. The van der Waals surface area contributed by atoms with Crippen molar-refractivity contribution in [2.45, 2.75) is 12.2 Å². The maximum atomic E-state index is 12.8. The summed E-state index contributed by atoms with van der Waals surface area (Å²) in [6, 6.07) is 4.86. The molecule has 0 saturated heterocycles. The number of nitrogens with one attached hydrogen (secondary N) is 1. The summed E-state index contributed by atoms with van der Waals surface area (Å²) in [5, 5.41) is 2.30. The van der Waals surface area contributed by atoms with Gasteiger partial charge in [-0.15, -0.1) is 0 Å². The number of para-hydroxylation sites is 1. The number of benzene rings is 1. The van der Waals surface area contributed by atoms with Crippen LogP contribution in [0.1, 0.15) is 11.6 Å². The molecule has 0 heterocycles. The van der Waals surface area contributed by atoms with Crippen LogP contribution >= 0.6 is 0 Å². The van der Waals surface area contributed by atoms with Crippen molar-refractivity contribution in [1.29, 1.82) is 0 Å². The molecule has 0 bridgehead atoms. The molecule has 1 rings (SSSR count). The van der Waals surface area contributed by atoms with E-state index in [1.165, 1.54) is 13.1 Å². The minimum atomic E-state index is -4.29. The molecule has 0 fully saturated rings. The first kappa shape index (κ1) is 12.8. The second-order valence-electron chi connectivity index (χ2n) is 3.72. The highest BCUT2D eigenvalue weighted by molar-refractivity contribution is 5.54. The lowest BCUT2D eigenvalue weighted by Gasteiger charge is -2.25. The van der Waals surface area contributed by atoms with Crippen LogP contribution in [-0.2, 0) is 0 Å². The molecular formula is C11H15F3N2. The van der Waals surface area contributed by atoms with Crippen molar-refractivity contribution in [3.8, 4) is 0 Å². The predicted molar refractivity (Wildman–Crippen MR) is 58.6 cm³/mol. The van der Waals surface area contributed by atoms with Crippen molar-refractivity contribution in [2.24, 2.45) is 0 Å². The Labute approximate surface area is 93.1 Å². The fourth-order valence-electron chi connectivity index (χ4n) is 1.63. The third-order valence-electron chi connectivity index (χ3n) is 2.35. The molecule has 5 heteroatoms. The van der Waals surface area contributed by atoms with Crippen molar-refractivity contribution in [1.82, 2.24) is 5.32 Å². The zero-order chi connectivity index (χ0) is 12.3. The zero-order valence-corrected chi connectivity index (χ0v) is 9.47. The largest absolute Gasteiger partial charge is 0.407 e. The first-order valence-electron chi connectivity index (χ1n) is 4.88. The average Bonchev–Trinajstić information content (AvgIpc) is 2.17. The molecule has 0 radical (unpaired) electrons. The van der Waals surface area contributed by atoms with Crippen LogP contribution in [0, 0.1) is 0 Å². The predicted octanol–water partition coefficient (Wildman–Crippen LogP) is 2.58. The molecule has 90 valence electrons. The van der Waals surface area contributed by atoms with Gasteiger partial charge >= 0.3 is 6.18 Å². The minimum absolute atomic E-state index is 0.238. The van der Waals surface area contributed by atoms with Crippen LogP contribution in [0.5, 0.6) is 0 Å². The van der Waals surface area contributed by atoms with E-state index in [9.17, 15) is 13.2 Å². The smallest absolute Gasteiger partial charge is 0.377 e. The molecule has 0 spiro atoms. The van der Waals surface area contributed by atoms with Gasteiger partial charge in [0.05, 0.1) is 0 Å².